The van der Waals surface area contributed by atoms with Gasteiger partial charge in [-0.1, -0.05) is 19.3 Å². The number of sulfonamides is 1. The smallest absolute Gasteiger partial charge is 0.240 e. The van der Waals surface area contributed by atoms with Crippen LogP contribution in [0, 0.1) is 22.6 Å². The van der Waals surface area contributed by atoms with Crippen molar-refractivity contribution < 1.29 is 17.5 Å². The number of nitrogens with zero attached hydrogens (tertiary/aromatic N) is 1. The van der Waals surface area contributed by atoms with E-state index in [2.05, 4.69) is 6.07 Å². The zero-order valence-electron chi connectivity index (χ0n) is 12.2. The summed E-state index contributed by atoms with van der Waals surface area (Å²) in [5.41, 5.74) is -0.350. The normalized spacial score (nSPS) is 17.7. The van der Waals surface area contributed by atoms with E-state index in [1.807, 2.05) is 0 Å². The van der Waals surface area contributed by atoms with Crippen LogP contribution in [0.2, 0.25) is 0 Å². The van der Waals surface area contributed by atoms with Crippen molar-refractivity contribution in [3.63, 3.8) is 0 Å². The van der Waals surface area contributed by atoms with Crippen molar-refractivity contribution in [2.45, 2.75) is 43.4 Å². The summed E-state index contributed by atoms with van der Waals surface area (Å²) in [5.74, 6) is -0.707. The van der Waals surface area contributed by atoms with Crippen LogP contribution in [0.25, 0.3) is 0 Å². The summed E-state index contributed by atoms with van der Waals surface area (Å²) in [6.07, 6.45) is 5.57. The molecule has 0 saturated heterocycles. The highest BCUT2D eigenvalue weighted by Gasteiger charge is 2.31. The molecule has 0 aromatic heterocycles. The summed E-state index contributed by atoms with van der Waals surface area (Å²) in [4.78, 5) is -0.555. The number of halogens is 1. The molecule has 2 N–H and O–H groups in total. The molecule has 0 amide bonds. The van der Waals surface area contributed by atoms with Crippen LogP contribution in [0.4, 0.5) is 4.39 Å². The molecule has 0 atom stereocenters. The Balaban J connectivity index is 1.98. The van der Waals surface area contributed by atoms with Gasteiger partial charge in [-0.15, -0.1) is 0 Å². The van der Waals surface area contributed by atoms with Crippen LogP contribution in [0.1, 0.15) is 38.5 Å². The van der Waals surface area contributed by atoms with Crippen LogP contribution < -0.4 is 9.88 Å². The molecular formula is C15H19FN2O3S. The van der Waals surface area contributed by atoms with Gasteiger partial charge in [-0.2, -0.15) is 5.26 Å². The number of primary sulfonamides is 1. The van der Waals surface area contributed by atoms with Crippen LogP contribution in [-0.2, 0) is 10.0 Å². The van der Waals surface area contributed by atoms with E-state index in [4.69, 9.17) is 9.88 Å². The second kappa shape index (κ2) is 6.63. The van der Waals surface area contributed by atoms with Crippen molar-refractivity contribution in [1.82, 2.24) is 0 Å². The van der Waals surface area contributed by atoms with Gasteiger partial charge in [0.2, 0.25) is 10.0 Å². The summed E-state index contributed by atoms with van der Waals surface area (Å²) >= 11 is 0. The van der Waals surface area contributed by atoms with Crippen molar-refractivity contribution in [1.29, 1.82) is 5.26 Å². The van der Waals surface area contributed by atoms with Crippen molar-refractivity contribution in [3.05, 3.63) is 24.0 Å². The van der Waals surface area contributed by atoms with Gasteiger partial charge in [0.15, 0.2) is 0 Å². The molecule has 2 rings (SSSR count). The van der Waals surface area contributed by atoms with Gasteiger partial charge in [-0.25, -0.2) is 17.9 Å². The summed E-state index contributed by atoms with van der Waals surface area (Å²) in [6.45, 7) is 0.293. The van der Waals surface area contributed by atoms with Gasteiger partial charge in [0, 0.05) is 12.5 Å². The Morgan fingerprint density at radius 2 is 2.00 bits per heavy atom. The summed E-state index contributed by atoms with van der Waals surface area (Å²) < 4.78 is 41.4. The predicted molar refractivity (Wildman–Crippen MR) is 79.0 cm³/mol. The van der Waals surface area contributed by atoms with E-state index in [9.17, 15) is 18.1 Å². The Morgan fingerprint density at radius 1 is 1.32 bits per heavy atom. The maximum absolute atomic E-state index is 13.7. The van der Waals surface area contributed by atoms with Gasteiger partial charge >= 0.3 is 0 Å². The Kier molecular flexibility index (Phi) is 5.04. The fourth-order valence-corrected chi connectivity index (χ4v) is 3.40. The molecule has 0 heterocycles. The average molecular weight is 326 g/mol. The Morgan fingerprint density at radius 3 is 2.55 bits per heavy atom. The average Bonchev–Trinajstić information content (AvgIpc) is 2.47. The molecule has 0 radical (unpaired) electrons. The molecule has 5 nitrogen and oxygen atoms in total. The zero-order valence-corrected chi connectivity index (χ0v) is 13.0. The summed E-state index contributed by atoms with van der Waals surface area (Å²) in [5, 5.41) is 14.3. The third-order valence-corrected chi connectivity index (χ3v) is 5.05. The number of nitrogens with two attached hydrogens (primary N) is 1. The first-order chi connectivity index (χ1) is 10.4. The molecule has 1 aromatic carbocycles. The third kappa shape index (κ3) is 3.96. The van der Waals surface area contributed by atoms with Crippen molar-refractivity contribution in [2.24, 2.45) is 10.6 Å². The first-order valence-corrected chi connectivity index (χ1v) is 8.77. The van der Waals surface area contributed by atoms with Crippen LogP contribution in [0.15, 0.2) is 23.1 Å². The van der Waals surface area contributed by atoms with E-state index in [0.29, 0.717) is 13.0 Å². The number of hydrogen-bond donors (Lipinski definition) is 1. The Bertz CT molecular complexity index is 677. The Labute approximate surface area is 129 Å². The van der Waals surface area contributed by atoms with Crippen molar-refractivity contribution in [3.8, 4) is 11.8 Å². The highest BCUT2D eigenvalue weighted by Crippen LogP contribution is 2.38. The molecule has 0 unspecified atom stereocenters. The topological polar surface area (TPSA) is 93.2 Å². The summed E-state index contributed by atoms with van der Waals surface area (Å²) in [7, 11) is -4.08. The van der Waals surface area contributed by atoms with Crippen LogP contribution >= 0.6 is 0 Å². The molecule has 120 valence electrons. The first-order valence-electron chi connectivity index (χ1n) is 7.23. The van der Waals surface area contributed by atoms with E-state index in [1.165, 1.54) is 6.07 Å². The predicted octanol–water partition coefficient (Wildman–Crippen LogP) is 2.72. The number of hydrogen-bond acceptors (Lipinski definition) is 4. The second-order valence-corrected chi connectivity index (χ2v) is 7.22. The van der Waals surface area contributed by atoms with Crippen LogP contribution in [0.3, 0.4) is 0 Å². The molecule has 1 aliphatic rings. The molecular weight excluding hydrogens is 307 g/mol. The molecule has 1 aliphatic carbocycles. The Hall–Kier alpha value is -1.65. The zero-order chi connectivity index (χ0) is 16.2. The van der Waals surface area contributed by atoms with Gasteiger partial charge in [0.25, 0.3) is 0 Å². The fourth-order valence-electron chi connectivity index (χ4n) is 2.81. The molecule has 0 spiro atoms. The van der Waals surface area contributed by atoms with Gasteiger partial charge in [0.1, 0.15) is 16.5 Å². The van der Waals surface area contributed by atoms with Gasteiger partial charge < -0.3 is 4.74 Å². The third-order valence-electron chi connectivity index (χ3n) is 4.11. The van der Waals surface area contributed by atoms with Crippen LogP contribution in [-0.4, -0.2) is 15.0 Å². The monoisotopic (exact) mass is 326 g/mol. The highest BCUT2D eigenvalue weighted by molar-refractivity contribution is 7.89. The highest BCUT2D eigenvalue weighted by atomic mass is 32.2. The van der Waals surface area contributed by atoms with E-state index >= 15 is 0 Å². The number of benzene rings is 1. The lowest BCUT2D eigenvalue weighted by Gasteiger charge is -2.30. The largest absolute Gasteiger partial charge is 0.493 e. The lowest BCUT2D eigenvalue weighted by molar-refractivity contribution is 0.193. The van der Waals surface area contributed by atoms with E-state index in [0.717, 1.165) is 44.2 Å². The van der Waals surface area contributed by atoms with E-state index < -0.39 is 20.7 Å². The van der Waals surface area contributed by atoms with Crippen molar-refractivity contribution in [2.75, 3.05) is 6.61 Å². The van der Waals surface area contributed by atoms with E-state index in [1.54, 1.807) is 0 Å². The minimum atomic E-state index is -4.08. The fraction of sp³-hybridized carbons (Fsp3) is 0.533. The van der Waals surface area contributed by atoms with Crippen molar-refractivity contribution >= 4 is 10.0 Å². The molecule has 22 heavy (non-hydrogen) atoms. The maximum atomic E-state index is 13.7. The SMILES string of the molecule is N#CC1(CCOc2ccc(S(N)(=O)=O)c(F)c2)CCCCC1. The van der Waals surface area contributed by atoms with Gasteiger partial charge in [0.05, 0.1) is 18.1 Å². The summed E-state index contributed by atoms with van der Waals surface area (Å²) in [6, 6.07) is 5.84. The quantitative estimate of drug-likeness (QED) is 0.900. The van der Waals surface area contributed by atoms with Crippen LogP contribution in [0.5, 0.6) is 5.75 Å². The van der Waals surface area contributed by atoms with Gasteiger partial charge in [-0.3, -0.25) is 0 Å². The van der Waals surface area contributed by atoms with Gasteiger partial charge in [-0.05, 0) is 25.0 Å². The lowest BCUT2D eigenvalue weighted by Crippen LogP contribution is -2.24. The van der Waals surface area contributed by atoms with E-state index in [-0.39, 0.29) is 11.2 Å². The molecule has 1 saturated carbocycles. The minimum Gasteiger partial charge on any atom is -0.493 e. The molecule has 1 fully saturated rings. The molecule has 7 heteroatoms. The maximum Gasteiger partial charge on any atom is 0.240 e. The number of ether oxygens (including phenoxy) is 1. The second-order valence-electron chi connectivity index (χ2n) is 5.69. The molecule has 0 bridgehead atoms. The number of nitriles is 1. The number of rotatable bonds is 5. The lowest BCUT2D eigenvalue weighted by atomic mass is 9.73. The molecule has 0 aliphatic heterocycles. The first kappa shape index (κ1) is 16.7. The standard InChI is InChI=1S/C15H19FN2O3S/c16-13-10-12(4-5-14(13)22(18,19)20)21-9-8-15(11-17)6-2-1-3-7-15/h4-5,10H,1-3,6-9H2,(H2,18,19,20). The minimum absolute atomic E-state index is 0.230. The molecule has 1 aromatic rings.